The highest BCUT2D eigenvalue weighted by atomic mass is 79.9. The number of carbonyl (C=O) groups is 2. The average Bonchev–Trinajstić information content (AvgIpc) is 3.41. The van der Waals surface area contributed by atoms with E-state index in [1.54, 1.807) is 28.9 Å². The third-order valence-corrected chi connectivity index (χ3v) is 8.06. The molecule has 1 saturated carbocycles. The number of hydrogen-bond acceptors (Lipinski definition) is 7. The molecule has 2 N–H and O–H groups in total. The molecule has 6 rings (SSSR count). The van der Waals surface area contributed by atoms with Crippen LogP contribution in [0.15, 0.2) is 47.3 Å². The summed E-state index contributed by atoms with van der Waals surface area (Å²) in [6.07, 6.45) is 3.63. The van der Waals surface area contributed by atoms with Crippen molar-refractivity contribution in [1.82, 2.24) is 29.6 Å². The highest BCUT2D eigenvalue weighted by molar-refractivity contribution is 9.10. The van der Waals surface area contributed by atoms with Gasteiger partial charge in [0.2, 0.25) is 11.8 Å². The van der Waals surface area contributed by atoms with Crippen LogP contribution in [0.25, 0.3) is 22.0 Å². The number of benzene rings is 1. The minimum absolute atomic E-state index is 0.0341. The first-order valence-corrected chi connectivity index (χ1v) is 13.7. The first kappa shape index (κ1) is 25.6. The van der Waals surface area contributed by atoms with E-state index in [4.69, 9.17) is 0 Å². The number of fused-ring (bicyclic) bond motifs is 2. The van der Waals surface area contributed by atoms with Gasteiger partial charge in [-0.1, -0.05) is 12.1 Å². The summed E-state index contributed by atoms with van der Waals surface area (Å²) in [7, 11) is 0. The fourth-order valence-electron chi connectivity index (χ4n) is 5.45. The van der Waals surface area contributed by atoms with E-state index in [0.717, 1.165) is 34.0 Å². The second-order valence-electron chi connectivity index (χ2n) is 10.4. The number of hydrogen-bond donors (Lipinski definition) is 2. The Morgan fingerprint density at radius 1 is 1.15 bits per heavy atom. The highest BCUT2D eigenvalue weighted by Gasteiger charge is 2.56. The maximum atomic E-state index is 13.6. The summed E-state index contributed by atoms with van der Waals surface area (Å²) in [4.78, 5) is 41.6. The number of nitrogens with zero attached hydrogens (tertiary/aromatic N) is 6. The number of anilines is 1. The van der Waals surface area contributed by atoms with Gasteiger partial charge in [0, 0.05) is 29.9 Å². The minimum atomic E-state index is -0.827. The van der Waals surface area contributed by atoms with E-state index in [1.165, 1.54) is 0 Å². The molecule has 1 aromatic carbocycles. The second-order valence-corrected chi connectivity index (χ2v) is 11.2. The Balaban J connectivity index is 1.26. The molecule has 200 valence electrons. The summed E-state index contributed by atoms with van der Waals surface area (Å²) in [6, 6.07) is 8.91. The van der Waals surface area contributed by atoms with Gasteiger partial charge in [0.25, 0.3) is 0 Å². The third kappa shape index (κ3) is 4.80. The summed E-state index contributed by atoms with van der Waals surface area (Å²) in [6.45, 7) is 5.88. The topological polar surface area (TPSA) is 126 Å². The van der Waals surface area contributed by atoms with Crippen LogP contribution in [0.2, 0.25) is 0 Å². The molecule has 1 aliphatic carbocycles. The Hall–Kier alpha value is -3.70. The molecule has 0 spiro atoms. The van der Waals surface area contributed by atoms with Crippen molar-refractivity contribution in [3.63, 3.8) is 0 Å². The first-order valence-electron chi connectivity index (χ1n) is 12.9. The fourth-order valence-corrected chi connectivity index (χ4v) is 5.76. The number of aromatic nitrogens is 5. The van der Waals surface area contributed by atoms with Crippen molar-refractivity contribution < 1.29 is 14.7 Å². The van der Waals surface area contributed by atoms with Crippen molar-refractivity contribution in [3.05, 3.63) is 64.4 Å². The van der Waals surface area contributed by atoms with E-state index in [1.807, 2.05) is 44.2 Å². The normalized spacial score (nSPS) is 20.6. The molecule has 39 heavy (non-hydrogen) atoms. The van der Waals surface area contributed by atoms with Crippen molar-refractivity contribution in [2.45, 2.75) is 45.9 Å². The Morgan fingerprint density at radius 3 is 2.67 bits per heavy atom. The quantitative estimate of drug-likeness (QED) is 0.327. The maximum absolute atomic E-state index is 13.6. The summed E-state index contributed by atoms with van der Waals surface area (Å²) < 4.78 is 2.25. The number of rotatable bonds is 6. The lowest BCUT2D eigenvalue weighted by Crippen LogP contribution is -2.47. The highest BCUT2D eigenvalue weighted by Crippen LogP contribution is 2.50. The summed E-state index contributed by atoms with van der Waals surface area (Å²) in [5.74, 6) is 1.26. The lowest BCUT2D eigenvalue weighted by Gasteiger charge is -2.27. The van der Waals surface area contributed by atoms with Crippen LogP contribution in [-0.2, 0) is 16.1 Å². The standard InChI is InChI=1S/C28H28BrN7O3/c1-14-4-7-23(29)32-27(14)33-28(39)26-20-9-18(20)12-35(26)24(38)13-36-22-6-5-17(19-10-30-16(3)31-11-19)8-21(22)25(34-36)15(2)37/h4-8,10-11,15,18,20,26,37H,9,12-13H2,1-3H3,(H,32,33,39)/t15?,18-,20-,26+/m1/s1. The predicted molar refractivity (Wildman–Crippen MR) is 149 cm³/mol. The number of aliphatic hydroxyl groups is 1. The number of aryl methyl sites for hydroxylation is 2. The van der Waals surface area contributed by atoms with Crippen LogP contribution in [0, 0.1) is 25.7 Å². The Bertz CT molecular complexity index is 1600. The Labute approximate surface area is 233 Å². The Morgan fingerprint density at radius 2 is 1.92 bits per heavy atom. The van der Waals surface area contributed by atoms with Crippen molar-refractivity contribution in [3.8, 4) is 11.1 Å². The molecule has 1 aliphatic heterocycles. The van der Waals surface area contributed by atoms with Gasteiger partial charge in [0.15, 0.2) is 0 Å². The van der Waals surface area contributed by atoms with E-state index in [2.05, 4.69) is 41.3 Å². The molecule has 3 aromatic heterocycles. The van der Waals surface area contributed by atoms with E-state index in [0.29, 0.717) is 34.4 Å². The lowest BCUT2D eigenvalue weighted by molar-refractivity contribution is -0.138. The molecule has 4 heterocycles. The largest absolute Gasteiger partial charge is 0.387 e. The lowest BCUT2D eigenvalue weighted by atomic mass is 10.0. The van der Waals surface area contributed by atoms with Crippen LogP contribution in [0.3, 0.4) is 0 Å². The summed E-state index contributed by atoms with van der Waals surface area (Å²) in [5, 5.41) is 18.8. The van der Waals surface area contributed by atoms with Crippen LogP contribution < -0.4 is 5.32 Å². The van der Waals surface area contributed by atoms with Crippen LogP contribution >= 0.6 is 15.9 Å². The molecule has 11 heteroatoms. The molecule has 2 fully saturated rings. The van der Waals surface area contributed by atoms with Gasteiger partial charge in [-0.15, -0.1) is 0 Å². The van der Waals surface area contributed by atoms with Crippen molar-refractivity contribution in [2.24, 2.45) is 11.8 Å². The summed E-state index contributed by atoms with van der Waals surface area (Å²) in [5.41, 5.74) is 3.81. The van der Waals surface area contributed by atoms with Gasteiger partial charge < -0.3 is 15.3 Å². The number of aliphatic hydroxyl groups excluding tert-OH is 1. The van der Waals surface area contributed by atoms with E-state index >= 15 is 0 Å². The Kier molecular flexibility index (Phi) is 6.43. The molecule has 4 atom stereocenters. The molecular weight excluding hydrogens is 562 g/mol. The van der Waals surface area contributed by atoms with Crippen molar-refractivity contribution >= 4 is 44.5 Å². The molecular formula is C28H28BrN7O3. The average molecular weight is 590 g/mol. The van der Waals surface area contributed by atoms with Gasteiger partial charge in [0.05, 0.1) is 17.3 Å². The maximum Gasteiger partial charge on any atom is 0.248 e. The zero-order valence-electron chi connectivity index (χ0n) is 21.8. The molecule has 1 saturated heterocycles. The molecule has 10 nitrogen and oxygen atoms in total. The number of pyridine rings is 1. The van der Waals surface area contributed by atoms with Crippen LogP contribution in [0.5, 0.6) is 0 Å². The number of likely N-dealkylation sites (tertiary alicyclic amines) is 1. The van der Waals surface area contributed by atoms with Crippen LogP contribution in [0.4, 0.5) is 5.82 Å². The van der Waals surface area contributed by atoms with Gasteiger partial charge >= 0.3 is 0 Å². The molecule has 2 aliphatic rings. The molecule has 0 radical (unpaired) electrons. The molecule has 0 bridgehead atoms. The minimum Gasteiger partial charge on any atom is -0.387 e. The number of amides is 2. The van der Waals surface area contributed by atoms with Gasteiger partial charge in [-0.3, -0.25) is 14.3 Å². The smallest absolute Gasteiger partial charge is 0.248 e. The van der Waals surface area contributed by atoms with Gasteiger partial charge in [-0.25, -0.2) is 15.0 Å². The van der Waals surface area contributed by atoms with Gasteiger partial charge in [0.1, 0.15) is 28.8 Å². The first-order chi connectivity index (χ1) is 18.7. The van der Waals surface area contributed by atoms with Gasteiger partial charge in [-0.05, 0) is 84.3 Å². The van der Waals surface area contributed by atoms with E-state index in [9.17, 15) is 14.7 Å². The number of piperidine rings is 1. The third-order valence-electron chi connectivity index (χ3n) is 7.62. The van der Waals surface area contributed by atoms with E-state index in [-0.39, 0.29) is 24.3 Å². The van der Waals surface area contributed by atoms with Crippen molar-refractivity contribution in [1.29, 1.82) is 0 Å². The molecule has 1 unspecified atom stereocenters. The zero-order chi connectivity index (χ0) is 27.4. The number of nitrogens with one attached hydrogen (secondary N) is 1. The predicted octanol–water partition coefficient (Wildman–Crippen LogP) is 3.81. The zero-order valence-corrected chi connectivity index (χ0v) is 23.4. The van der Waals surface area contributed by atoms with Crippen LogP contribution in [-0.4, -0.2) is 59.1 Å². The summed E-state index contributed by atoms with van der Waals surface area (Å²) >= 11 is 3.35. The van der Waals surface area contributed by atoms with Gasteiger partial charge in [-0.2, -0.15) is 5.10 Å². The molecule has 2 amide bonds. The monoisotopic (exact) mass is 589 g/mol. The second kappa shape index (κ2) is 9.80. The number of carbonyl (C=O) groups excluding carboxylic acids is 2. The molecule has 4 aromatic rings. The van der Waals surface area contributed by atoms with E-state index < -0.39 is 12.1 Å². The van der Waals surface area contributed by atoms with Crippen LogP contribution in [0.1, 0.15) is 36.5 Å². The number of halogens is 1. The van der Waals surface area contributed by atoms with Crippen molar-refractivity contribution in [2.75, 3.05) is 11.9 Å². The fraction of sp³-hybridized carbons (Fsp3) is 0.357. The SMILES string of the molecule is Cc1ncc(-c2ccc3c(c2)c(C(C)O)nn3CC(=O)N2C[C@H]3C[C@H]3[C@H]2C(=O)Nc2nc(Br)ccc2C)cn1.